The Balaban J connectivity index is 1.59. The van der Waals surface area contributed by atoms with Crippen LogP contribution in [0.25, 0.3) is 0 Å². The number of nitrogens with zero attached hydrogens (tertiary/aromatic N) is 1. The summed E-state index contributed by atoms with van der Waals surface area (Å²) in [5, 5.41) is 9.01. The maximum Gasteiger partial charge on any atom is 0.255 e. The molecule has 0 saturated carbocycles. The zero-order valence-corrected chi connectivity index (χ0v) is 25.5. The average Bonchev–Trinajstić information content (AvgIpc) is 2.98. The molecule has 3 aromatic rings. The van der Waals surface area contributed by atoms with Gasteiger partial charge in [0.1, 0.15) is 5.75 Å². The summed E-state index contributed by atoms with van der Waals surface area (Å²) in [4.78, 5) is 27.1. The van der Waals surface area contributed by atoms with Gasteiger partial charge in [0.15, 0.2) is 11.6 Å². The van der Waals surface area contributed by atoms with Crippen LogP contribution in [-0.4, -0.2) is 58.1 Å². The molecule has 11 heteroatoms. The van der Waals surface area contributed by atoms with Crippen molar-refractivity contribution in [3.05, 3.63) is 89.2 Å². The van der Waals surface area contributed by atoms with Gasteiger partial charge in [0.2, 0.25) is 10.0 Å². The molecule has 1 saturated heterocycles. The predicted octanol–water partition coefficient (Wildman–Crippen LogP) is 4.28. The van der Waals surface area contributed by atoms with E-state index in [-0.39, 0.29) is 48.3 Å². The summed E-state index contributed by atoms with van der Waals surface area (Å²) in [7, 11) is -2.16. The fourth-order valence-electron chi connectivity index (χ4n) is 5.00. The number of nitrogens with one attached hydrogen (secondary N) is 3. The number of Topliss-reactive ketones (excluding diaryl/α,β-unsaturated/α-hetero) is 1. The standard InChI is InChI=1S/C32H39FN4O5S/c1-22(2)35-25-18-27(31(33)29(19-25)37-14-7-8-15-43(37,40)41)32(39)36-28(17-23-10-5-4-6-11-23)30(38)21-34-20-24-12-9-13-26(16-24)42-3/h4-6,9-13,16,18-19,22,28,34-35H,7-8,14-15,17,20-21H2,1-3H3,(H,36,39)/t28-/m0/s1. The molecule has 9 nitrogen and oxygen atoms in total. The SMILES string of the molecule is COc1cccc(CNCC(=O)[C@H](Cc2ccccc2)NC(=O)c2cc(NC(C)C)cc(N3CCCCS3(=O)=O)c2F)c1. The van der Waals surface area contributed by atoms with E-state index in [0.29, 0.717) is 30.8 Å². The van der Waals surface area contributed by atoms with Gasteiger partial charge in [-0.1, -0.05) is 42.5 Å². The Hall–Kier alpha value is -3.96. The fourth-order valence-corrected chi connectivity index (χ4v) is 6.63. The number of carbonyl (C=O) groups is 2. The van der Waals surface area contributed by atoms with Crippen molar-refractivity contribution in [1.29, 1.82) is 0 Å². The zero-order chi connectivity index (χ0) is 31.0. The summed E-state index contributed by atoms with van der Waals surface area (Å²) in [5.41, 5.74) is 1.64. The van der Waals surface area contributed by atoms with Crippen molar-refractivity contribution in [1.82, 2.24) is 10.6 Å². The number of amides is 1. The van der Waals surface area contributed by atoms with Gasteiger partial charge < -0.3 is 20.7 Å². The number of rotatable bonds is 13. The summed E-state index contributed by atoms with van der Waals surface area (Å²) < 4.78 is 48.0. The minimum Gasteiger partial charge on any atom is -0.497 e. The van der Waals surface area contributed by atoms with Gasteiger partial charge in [0.25, 0.3) is 5.91 Å². The second-order valence-corrected chi connectivity index (χ2v) is 12.9. The van der Waals surface area contributed by atoms with Crippen LogP contribution in [0.4, 0.5) is 15.8 Å². The minimum atomic E-state index is -3.74. The van der Waals surface area contributed by atoms with Gasteiger partial charge in [-0.25, -0.2) is 12.8 Å². The van der Waals surface area contributed by atoms with Gasteiger partial charge in [0, 0.05) is 24.8 Å². The van der Waals surface area contributed by atoms with E-state index in [4.69, 9.17) is 4.74 Å². The summed E-state index contributed by atoms with van der Waals surface area (Å²) in [5.74, 6) is -1.42. The molecule has 0 unspecified atom stereocenters. The molecule has 1 amide bonds. The first-order valence-corrected chi connectivity index (χ1v) is 16.0. The number of benzene rings is 3. The Morgan fingerprint density at radius 2 is 1.74 bits per heavy atom. The molecular weight excluding hydrogens is 571 g/mol. The van der Waals surface area contributed by atoms with Crippen molar-refractivity contribution in [2.75, 3.05) is 35.6 Å². The molecule has 4 rings (SSSR count). The van der Waals surface area contributed by atoms with E-state index >= 15 is 4.39 Å². The van der Waals surface area contributed by atoms with Crippen molar-refractivity contribution in [2.45, 2.75) is 51.7 Å². The molecule has 0 radical (unpaired) electrons. The van der Waals surface area contributed by atoms with Gasteiger partial charge >= 0.3 is 0 Å². The molecule has 0 spiro atoms. The Morgan fingerprint density at radius 3 is 2.44 bits per heavy atom. The summed E-state index contributed by atoms with van der Waals surface area (Å²) >= 11 is 0. The number of halogens is 1. The highest BCUT2D eigenvalue weighted by molar-refractivity contribution is 7.92. The highest BCUT2D eigenvalue weighted by Gasteiger charge is 2.31. The van der Waals surface area contributed by atoms with Crippen LogP contribution in [-0.2, 0) is 27.8 Å². The number of sulfonamides is 1. The molecule has 3 aromatic carbocycles. The van der Waals surface area contributed by atoms with Gasteiger partial charge in [-0.05, 0) is 68.5 Å². The topological polar surface area (TPSA) is 117 Å². The molecule has 1 heterocycles. The van der Waals surface area contributed by atoms with E-state index in [9.17, 15) is 18.0 Å². The first-order valence-electron chi connectivity index (χ1n) is 14.4. The van der Waals surface area contributed by atoms with Crippen molar-refractivity contribution in [2.24, 2.45) is 0 Å². The minimum absolute atomic E-state index is 0.0380. The third-order valence-electron chi connectivity index (χ3n) is 7.11. The van der Waals surface area contributed by atoms with Crippen LogP contribution in [0.5, 0.6) is 5.75 Å². The molecule has 0 aliphatic carbocycles. The van der Waals surface area contributed by atoms with E-state index in [1.54, 1.807) is 7.11 Å². The Morgan fingerprint density at radius 1 is 1.00 bits per heavy atom. The monoisotopic (exact) mass is 610 g/mol. The molecule has 1 atom stereocenters. The fraction of sp³-hybridized carbons (Fsp3) is 0.375. The van der Waals surface area contributed by atoms with Crippen LogP contribution in [0, 0.1) is 5.82 Å². The van der Waals surface area contributed by atoms with Crippen LogP contribution < -0.4 is 25.0 Å². The largest absolute Gasteiger partial charge is 0.497 e. The van der Waals surface area contributed by atoms with Crippen LogP contribution >= 0.6 is 0 Å². The maximum atomic E-state index is 16.0. The quantitative estimate of drug-likeness (QED) is 0.265. The summed E-state index contributed by atoms with van der Waals surface area (Å²) in [6, 6.07) is 18.4. The van der Waals surface area contributed by atoms with Crippen LogP contribution in [0.3, 0.4) is 0 Å². The van der Waals surface area contributed by atoms with Crippen molar-refractivity contribution in [3.63, 3.8) is 0 Å². The molecule has 1 aliphatic heterocycles. The molecule has 230 valence electrons. The lowest BCUT2D eigenvalue weighted by Crippen LogP contribution is -2.46. The van der Waals surface area contributed by atoms with E-state index in [2.05, 4.69) is 16.0 Å². The van der Waals surface area contributed by atoms with Gasteiger partial charge in [0.05, 0.1) is 36.7 Å². The normalized spacial score (nSPS) is 15.1. The van der Waals surface area contributed by atoms with Gasteiger partial charge in [-0.2, -0.15) is 0 Å². The van der Waals surface area contributed by atoms with Crippen molar-refractivity contribution in [3.8, 4) is 5.75 Å². The highest BCUT2D eigenvalue weighted by Crippen LogP contribution is 2.32. The number of carbonyl (C=O) groups excluding carboxylic acids is 2. The molecule has 0 aromatic heterocycles. The predicted molar refractivity (Wildman–Crippen MR) is 167 cm³/mol. The van der Waals surface area contributed by atoms with Crippen LogP contribution in [0.2, 0.25) is 0 Å². The first kappa shape index (κ1) is 32.0. The summed E-state index contributed by atoms with van der Waals surface area (Å²) in [6.07, 6.45) is 1.27. The van der Waals surface area contributed by atoms with Crippen molar-refractivity contribution >= 4 is 33.1 Å². The Bertz CT molecular complexity index is 1530. The second kappa shape index (κ2) is 14.5. The maximum absolute atomic E-state index is 16.0. The van der Waals surface area contributed by atoms with Crippen LogP contribution in [0.15, 0.2) is 66.7 Å². The Kier molecular flexibility index (Phi) is 10.8. The van der Waals surface area contributed by atoms with Gasteiger partial charge in [-0.15, -0.1) is 0 Å². The van der Waals surface area contributed by atoms with E-state index < -0.39 is 27.8 Å². The third-order valence-corrected chi connectivity index (χ3v) is 8.97. The summed E-state index contributed by atoms with van der Waals surface area (Å²) in [6.45, 7) is 4.25. The third kappa shape index (κ3) is 8.55. The zero-order valence-electron chi connectivity index (χ0n) is 24.7. The lowest BCUT2D eigenvalue weighted by Gasteiger charge is -2.30. The van der Waals surface area contributed by atoms with E-state index in [0.717, 1.165) is 15.4 Å². The highest BCUT2D eigenvalue weighted by atomic mass is 32.2. The molecule has 0 bridgehead atoms. The number of ether oxygens (including phenoxy) is 1. The average molecular weight is 611 g/mol. The molecule has 1 aliphatic rings. The lowest BCUT2D eigenvalue weighted by molar-refractivity contribution is -0.120. The van der Waals surface area contributed by atoms with E-state index in [1.165, 1.54) is 12.1 Å². The molecule has 1 fully saturated rings. The smallest absolute Gasteiger partial charge is 0.255 e. The Labute approximate surface area is 252 Å². The van der Waals surface area contributed by atoms with E-state index in [1.807, 2.05) is 68.4 Å². The second-order valence-electron chi connectivity index (χ2n) is 10.9. The molecular formula is C32H39FN4O5S. The van der Waals surface area contributed by atoms with Crippen molar-refractivity contribution < 1.29 is 27.1 Å². The number of hydrogen-bond acceptors (Lipinski definition) is 7. The first-order chi connectivity index (χ1) is 20.6. The number of ketones is 1. The molecule has 43 heavy (non-hydrogen) atoms. The number of hydrogen-bond donors (Lipinski definition) is 3. The number of anilines is 2. The number of methoxy groups -OCH3 is 1. The van der Waals surface area contributed by atoms with Crippen LogP contribution in [0.1, 0.15) is 48.2 Å². The molecule has 3 N–H and O–H groups in total. The van der Waals surface area contributed by atoms with Gasteiger partial charge in [-0.3, -0.25) is 13.9 Å². The lowest BCUT2D eigenvalue weighted by atomic mass is 10.0.